The number of H-pyrrole nitrogens is 1. The van der Waals surface area contributed by atoms with Crippen molar-refractivity contribution in [2.24, 2.45) is 0 Å². The molecule has 1 atom stereocenters. The van der Waals surface area contributed by atoms with E-state index in [4.69, 9.17) is 4.52 Å². The van der Waals surface area contributed by atoms with E-state index in [0.29, 0.717) is 37.6 Å². The molecule has 2 aromatic rings. The number of aromatic amines is 1. The number of aryl methyl sites for hydroxylation is 1. The van der Waals surface area contributed by atoms with Gasteiger partial charge in [-0.3, -0.25) is 10.1 Å². The van der Waals surface area contributed by atoms with Gasteiger partial charge in [0.05, 0.1) is 23.8 Å². The lowest BCUT2D eigenvalue weighted by Gasteiger charge is -2.22. The summed E-state index contributed by atoms with van der Waals surface area (Å²) < 4.78 is 4.87. The molecule has 1 aliphatic rings. The lowest BCUT2D eigenvalue weighted by molar-refractivity contribution is -0.123. The van der Waals surface area contributed by atoms with E-state index in [0.717, 1.165) is 11.4 Å². The van der Waals surface area contributed by atoms with Crippen molar-refractivity contribution in [1.29, 1.82) is 0 Å². The SMILES string of the molecule is Cc1nc(CCNC(=O)C2Cc3nc[nH]c3CN2)no1. The smallest absolute Gasteiger partial charge is 0.237 e. The van der Waals surface area contributed by atoms with Crippen molar-refractivity contribution in [3.05, 3.63) is 29.4 Å². The van der Waals surface area contributed by atoms with Gasteiger partial charge in [0.25, 0.3) is 0 Å². The first-order chi connectivity index (χ1) is 9.72. The largest absolute Gasteiger partial charge is 0.354 e. The van der Waals surface area contributed by atoms with Gasteiger partial charge in [0.1, 0.15) is 0 Å². The number of rotatable bonds is 4. The van der Waals surface area contributed by atoms with E-state index in [-0.39, 0.29) is 11.9 Å². The first-order valence-electron chi connectivity index (χ1n) is 6.54. The van der Waals surface area contributed by atoms with Crippen molar-refractivity contribution in [2.45, 2.75) is 32.4 Å². The van der Waals surface area contributed by atoms with Crippen molar-refractivity contribution in [3.63, 3.8) is 0 Å². The number of imidazole rings is 1. The van der Waals surface area contributed by atoms with Crippen LogP contribution in [0.3, 0.4) is 0 Å². The Bertz CT molecular complexity index is 605. The Kier molecular flexibility index (Phi) is 3.46. The fraction of sp³-hybridized carbons (Fsp3) is 0.500. The van der Waals surface area contributed by atoms with Gasteiger partial charge in [0.15, 0.2) is 5.82 Å². The molecule has 0 saturated heterocycles. The summed E-state index contributed by atoms with van der Waals surface area (Å²) >= 11 is 0. The molecule has 1 unspecified atom stereocenters. The fourth-order valence-electron chi connectivity index (χ4n) is 2.22. The highest BCUT2D eigenvalue weighted by atomic mass is 16.5. The number of fused-ring (bicyclic) bond motifs is 1. The molecular formula is C12H16N6O2. The molecule has 2 aromatic heterocycles. The minimum atomic E-state index is -0.238. The minimum Gasteiger partial charge on any atom is -0.354 e. The Labute approximate surface area is 115 Å². The second-order valence-electron chi connectivity index (χ2n) is 4.74. The number of hydrogen-bond donors (Lipinski definition) is 3. The van der Waals surface area contributed by atoms with Crippen LogP contribution in [-0.4, -0.2) is 38.6 Å². The van der Waals surface area contributed by atoms with Crippen LogP contribution in [-0.2, 0) is 24.2 Å². The number of aromatic nitrogens is 4. The van der Waals surface area contributed by atoms with E-state index < -0.39 is 0 Å². The second-order valence-corrected chi connectivity index (χ2v) is 4.74. The summed E-state index contributed by atoms with van der Waals surface area (Å²) in [6.07, 6.45) is 2.82. The number of nitrogens with one attached hydrogen (secondary N) is 3. The molecule has 0 radical (unpaired) electrons. The summed E-state index contributed by atoms with van der Waals surface area (Å²) in [4.78, 5) is 23.4. The number of carbonyl (C=O) groups is 1. The van der Waals surface area contributed by atoms with Crippen LogP contribution in [0.4, 0.5) is 0 Å². The second kappa shape index (κ2) is 5.41. The molecule has 0 spiro atoms. The van der Waals surface area contributed by atoms with Crippen LogP contribution in [0.2, 0.25) is 0 Å². The molecule has 3 rings (SSSR count). The van der Waals surface area contributed by atoms with E-state index in [1.54, 1.807) is 13.3 Å². The van der Waals surface area contributed by atoms with Gasteiger partial charge in [0.2, 0.25) is 11.8 Å². The van der Waals surface area contributed by atoms with Crippen LogP contribution in [0.1, 0.15) is 23.1 Å². The molecule has 0 saturated carbocycles. The summed E-state index contributed by atoms with van der Waals surface area (Å²) in [5.41, 5.74) is 2.01. The molecule has 0 fully saturated rings. The maximum Gasteiger partial charge on any atom is 0.237 e. The zero-order valence-corrected chi connectivity index (χ0v) is 11.1. The molecule has 8 nitrogen and oxygen atoms in total. The summed E-state index contributed by atoms with van der Waals surface area (Å²) in [6.45, 7) is 2.86. The Morgan fingerprint density at radius 1 is 1.60 bits per heavy atom. The summed E-state index contributed by atoms with van der Waals surface area (Å²) in [5, 5.41) is 9.83. The third-order valence-corrected chi connectivity index (χ3v) is 3.26. The van der Waals surface area contributed by atoms with Crippen molar-refractivity contribution in [3.8, 4) is 0 Å². The van der Waals surface area contributed by atoms with Gasteiger partial charge >= 0.3 is 0 Å². The molecule has 1 amide bonds. The predicted octanol–water partition coefficient (Wildman–Crippen LogP) is -0.526. The highest BCUT2D eigenvalue weighted by Gasteiger charge is 2.25. The third-order valence-electron chi connectivity index (χ3n) is 3.26. The maximum atomic E-state index is 12.0. The molecule has 3 N–H and O–H groups in total. The number of amides is 1. The van der Waals surface area contributed by atoms with E-state index in [2.05, 4.69) is 30.7 Å². The zero-order valence-electron chi connectivity index (χ0n) is 11.1. The van der Waals surface area contributed by atoms with E-state index in [1.807, 2.05) is 0 Å². The summed E-state index contributed by atoms with van der Waals surface area (Å²) in [7, 11) is 0. The van der Waals surface area contributed by atoms with Gasteiger partial charge in [-0.2, -0.15) is 4.98 Å². The van der Waals surface area contributed by atoms with E-state index in [1.165, 1.54) is 0 Å². The molecule has 0 aliphatic carbocycles. The van der Waals surface area contributed by atoms with Crippen molar-refractivity contribution in [1.82, 2.24) is 30.7 Å². The zero-order chi connectivity index (χ0) is 13.9. The van der Waals surface area contributed by atoms with E-state index in [9.17, 15) is 4.79 Å². The topological polar surface area (TPSA) is 109 Å². The van der Waals surface area contributed by atoms with Gasteiger partial charge < -0.3 is 14.8 Å². The Hall–Kier alpha value is -2.22. The Balaban J connectivity index is 1.48. The third kappa shape index (κ3) is 2.69. The van der Waals surface area contributed by atoms with Crippen LogP contribution in [0.25, 0.3) is 0 Å². The highest BCUT2D eigenvalue weighted by Crippen LogP contribution is 2.11. The van der Waals surface area contributed by atoms with Crippen molar-refractivity contribution < 1.29 is 9.32 Å². The first kappa shape index (κ1) is 12.8. The molecule has 3 heterocycles. The average Bonchev–Trinajstić information content (AvgIpc) is 3.06. The lowest BCUT2D eigenvalue weighted by atomic mass is 10.0. The summed E-state index contributed by atoms with van der Waals surface area (Å²) in [5.74, 6) is 1.11. The number of nitrogens with zero attached hydrogens (tertiary/aromatic N) is 3. The number of carbonyl (C=O) groups excluding carboxylic acids is 1. The fourth-order valence-corrected chi connectivity index (χ4v) is 2.22. The highest BCUT2D eigenvalue weighted by molar-refractivity contribution is 5.82. The van der Waals surface area contributed by atoms with Gasteiger partial charge in [-0.25, -0.2) is 4.98 Å². The van der Waals surface area contributed by atoms with Gasteiger partial charge in [0, 0.05) is 32.9 Å². The average molecular weight is 276 g/mol. The molecular weight excluding hydrogens is 260 g/mol. The normalized spacial score (nSPS) is 17.8. The minimum absolute atomic E-state index is 0.0288. The van der Waals surface area contributed by atoms with Crippen LogP contribution < -0.4 is 10.6 Å². The van der Waals surface area contributed by atoms with E-state index >= 15 is 0 Å². The van der Waals surface area contributed by atoms with Gasteiger partial charge in [-0.15, -0.1) is 0 Å². The van der Waals surface area contributed by atoms with Crippen molar-refractivity contribution >= 4 is 5.91 Å². The van der Waals surface area contributed by atoms with Crippen LogP contribution in [0.5, 0.6) is 0 Å². The maximum absolute atomic E-state index is 12.0. The number of hydrogen-bond acceptors (Lipinski definition) is 6. The van der Waals surface area contributed by atoms with Crippen LogP contribution >= 0.6 is 0 Å². The summed E-state index contributed by atoms with van der Waals surface area (Å²) in [6, 6.07) is -0.238. The van der Waals surface area contributed by atoms with Gasteiger partial charge in [-0.05, 0) is 0 Å². The molecule has 8 heteroatoms. The predicted molar refractivity (Wildman–Crippen MR) is 68.7 cm³/mol. The Morgan fingerprint density at radius 3 is 3.30 bits per heavy atom. The monoisotopic (exact) mass is 276 g/mol. The molecule has 20 heavy (non-hydrogen) atoms. The first-order valence-corrected chi connectivity index (χ1v) is 6.54. The molecule has 106 valence electrons. The molecule has 0 aromatic carbocycles. The van der Waals surface area contributed by atoms with Crippen molar-refractivity contribution in [2.75, 3.05) is 6.54 Å². The standard InChI is InChI=1S/C12H16N6O2/c1-7-17-11(18-20-7)2-3-13-12(19)9-4-8-10(5-14-9)16-6-15-8/h6,9,14H,2-5H2,1H3,(H,13,19)(H,15,16). The van der Waals surface area contributed by atoms with Gasteiger partial charge in [-0.1, -0.05) is 5.16 Å². The Morgan fingerprint density at radius 2 is 2.50 bits per heavy atom. The van der Waals surface area contributed by atoms with Crippen LogP contribution in [0.15, 0.2) is 10.9 Å². The lowest BCUT2D eigenvalue weighted by Crippen LogP contribution is -2.48. The molecule has 0 bridgehead atoms. The quantitative estimate of drug-likeness (QED) is 0.693. The van der Waals surface area contributed by atoms with Crippen LogP contribution in [0, 0.1) is 6.92 Å². The molecule has 1 aliphatic heterocycles.